The van der Waals surface area contributed by atoms with E-state index in [0.717, 1.165) is 25.0 Å². The Hall–Kier alpha value is -2.80. The molecular weight excluding hydrogens is 579 g/mol. The van der Waals surface area contributed by atoms with Crippen molar-refractivity contribution >= 4 is 0 Å². The Kier molecular flexibility index (Phi) is 30.1. The first-order valence-corrected chi connectivity index (χ1v) is 19.5. The first-order chi connectivity index (χ1) is 22.9. The van der Waals surface area contributed by atoms with Gasteiger partial charge in [0.05, 0.1) is 0 Å². The zero-order chi connectivity index (χ0) is 37.8. The summed E-state index contributed by atoms with van der Waals surface area (Å²) < 4.78 is 0. The molecule has 0 unspecified atom stereocenters. The molecule has 0 saturated carbocycles. The Morgan fingerprint density at radius 2 is 1.42 bits per heavy atom. The fraction of sp³-hybridized carbons (Fsp3) is 0.574. The van der Waals surface area contributed by atoms with Crippen molar-refractivity contribution in [1.82, 2.24) is 4.90 Å². The Morgan fingerprint density at radius 1 is 0.833 bits per heavy atom. The summed E-state index contributed by atoms with van der Waals surface area (Å²) in [5.74, 6) is 0. The molecule has 3 rings (SSSR count). The third-order valence-corrected chi connectivity index (χ3v) is 8.18. The predicted molar refractivity (Wildman–Crippen MR) is 225 cm³/mol. The van der Waals surface area contributed by atoms with Gasteiger partial charge in [-0.15, -0.1) is 0 Å². The molecule has 1 aliphatic carbocycles. The molecule has 0 atom stereocenters. The minimum Gasteiger partial charge on any atom is -0.351 e. The van der Waals surface area contributed by atoms with Gasteiger partial charge in [0.25, 0.3) is 0 Å². The van der Waals surface area contributed by atoms with Crippen LogP contribution < -0.4 is 0 Å². The van der Waals surface area contributed by atoms with Crippen LogP contribution in [0.2, 0.25) is 0 Å². The molecule has 0 N–H and O–H groups in total. The van der Waals surface area contributed by atoms with E-state index >= 15 is 0 Å². The molecule has 1 heteroatoms. The third kappa shape index (κ3) is 18.1. The lowest BCUT2D eigenvalue weighted by Crippen LogP contribution is -2.30. The quantitative estimate of drug-likeness (QED) is 0.294. The molecule has 1 heterocycles. The summed E-state index contributed by atoms with van der Waals surface area (Å²) in [6.45, 7) is 41.8. The zero-order valence-corrected chi connectivity index (χ0v) is 35.2. The van der Waals surface area contributed by atoms with Gasteiger partial charge in [-0.3, -0.25) is 0 Å². The molecule has 1 aromatic rings. The maximum absolute atomic E-state index is 4.35. The topological polar surface area (TPSA) is 3.24 Å². The number of allylic oxidation sites excluding steroid dienone is 11. The Bertz CT molecular complexity index is 1150. The number of hydrogen-bond acceptors (Lipinski definition) is 1. The smallest absolute Gasteiger partial charge is 0.0293 e. The number of benzene rings is 1. The van der Waals surface area contributed by atoms with Crippen LogP contribution in [0.15, 0.2) is 108 Å². The first-order valence-electron chi connectivity index (χ1n) is 19.5. The molecule has 1 nitrogen and oxygen atoms in total. The summed E-state index contributed by atoms with van der Waals surface area (Å²) in [6.07, 6.45) is 26.3. The van der Waals surface area contributed by atoms with Gasteiger partial charge in [-0.05, 0) is 96.9 Å². The summed E-state index contributed by atoms with van der Waals surface area (Å²) in [6, 6.07) is 8.56. The van der Waals surface area contributed by atoms with Crippen LogP contribution in [0.4, 0.5) is 0 Å². The van der Waals surface area contributed by atoms with Crippen molar-refractivity contribution < 1.29 is 0 Å². The van der Waals surface area contributed by atoms with E-state index in [9.17, 15) is 0 Å². The number of aryl methyl sites for hydroxylation is 1. The molecule has 48 heavy (non-hydrogen) atoms. The fourth-order valence-corrected chi connectivity index (χ4v) is 5.47. The van der Waals surface area contributed by atoms with E-state index in [1.165, 1.54) is 65.6 Å². The largest absolute Gasteiger partial charge is 0.351 e. The van der Waals surface area contributed by atoms with Gasteiger partial charge >= 0.3 is 0 Å². The van der Waals surface area contributed by atoms with Crippen LogP contribution >= 0.6 is 0 Å². The molecule has 1 aromatic carbocycles. The van der Waals surface area contributed by atoms with E-state index < -0.39 is 0 Å². The lowest BCUT2D eigenvalue weighted by atomic mass is 9.79. The standard InChI is InChI=1S/C26H37N.C11H16.C4H10.3C2H6/c1-7-13-22-15-12-16-23(24(22)9-3)17-18-25-26(5,6)21(4)14-10-11-20-27(25)19-8-2;1-9-7-5-6-8-10(9)11(2,3)4;1-3-4-2;3*1-2/h7,10-11,13-14,17-18,20H,4,8-9,12,15-16,19H2,1-3,5-6H3;5-8H,1-4H3;3-4H2,1-2H3;3*1-2H3/b13-7+,14-10-,20-11-,23-17+,25-18+;;;;;. The van der Waals surface area contributed by atoms with Gasteiger partial charge in [-0.2, -0.15) is 0 Å². The number of hydrogen-bond donors (Lipinski definition) is 0. The van der Waals surface area contributed by atoms with Gasteiger partial charge in [0.15, 0.2) is 0 Å². The van der Waals surface area contributed by atoms with E-state index in [0.29, 0.717) is 0 Å². The molecule has 0 saturated heterocycles. The van der Waals surface area contributed by atoms with Crippen LogP contribution in [-0.4, -0.2) is 11.4 Å². The van der Waals surface area contributed by atoms with Gasteiger partial charge in [0, 0.05) is 23.9 Å². The van der Waals surface area contributed by atoms with Crippen LogP contribution in [0, 0.1) is 12.3 Å². The van der Waals surface area contributed by atoms with E-state index in [1.807, 2.05) is 41.5 Å². The Labute approximate surface area is 302 Å². The first kappa shape index (κ1) is 49.6. The van der Waals surface area contributed by atoms with Crippen LogP contribution in [-0.2, 0) is 5.41 Å². The van der Waals surface area contributed by atoms with Crippen molar-refractivity contribution in [1.29, 1.82) is 0 Å². The van der Waals surface area contributed by atoms with E-state index in [4.69, 9.17) is 0 Å². The van der Waals surface area contributed by atoms with Crippen molar-refractivity contribution in [2.24, 2.45) is 5.41 Å². The summed E-state index contributed by atoms with van der Waals surface area (Å²) in [5.41, 5.74) is 10.1. The second-order valence-electron chi connectivity index (χ2n) is 13.1. The van der Waals surface area contributed by atoms with Gasteiger partial charge in [-0.1, -0.05) is 178 Å². The minimum atomic E-state index is -0.0929. The SMILES string of the molecule is C=C1/C=C\C=C/N(CCC)/C(=C/C=C2\CCCC(/C=C/C)=C2CC)C1(C)C.CC.CC.CC.CCCC.Cc1ccccc1C(C)(C)C. The molecule has 0 aromatic heterocycles. The molecule has 0 amide bonds. The number of rotatable bonds is 6. The highest BCUT2D eigenvalue weighted by molar-refractivity contribution is 5.45. The molecule has 0 radical (unpaired) electrons. The highest BCUT2D eigenvalue weighted by Crippen LogP contribution is 2.39. The van der Waals surface area contributed by atoms with Crippen LogP contribution in [0.25, 0.3) is 0 Å². The van der Waals surface area contributed by atoms with Crippen LogP contribution in [0.3, 0.4) is 0 Å². The van der Waals surface area contributed by atoms with Gasteiger partial charge in [0.2, 0.25) is 0 Å². The van der Waals surface area contributed by atoms with Gasteiger partial charge in [0.1, 0.15) is 0 Å². The van der Waals surface area contributed by atoms with Crippen molar-refractivity contribution in [2.45, 2.75) is 168 Å². The van der Waals surface area contributed by atoms with E-state index in [-0.39, 0.29) is 10.8 Å². The molecular formula is C47H81N. The van der Waals surface area contributed by atoms with Crippen LogP contribution in [0.1, 0.15) is 167 Å². The van der Waals surface area contributed by atoms with Crippen molar-refractivity contribution in [3.8, 4) is 0 Å². The molecule has 2 aliphatic rings. The molecule has 274 valence electrons. The Morgan fingerprint density at radius 3 is 1.88 bits per heavy atom. The average molecular weight is 660 g/mol. The molecule has 0 bridgehead atoms. The molecule has 0 fully saturated rings. The Balaban J connectivity index is -0.000000794. The summed E-state index contributed by atoms with van der Waals surface area (Å²) in [5, 5.41) is 0. The molecule has 0 spiro atoms. The van der Waals surface area contributed by atoms with Crippen LogP contribution in [0.5, 0.6) is 0 Å². The zero-order valence-electron chi connectivity index (χ0n) is 35.2. The maximum Gasteiger partial charge on any atom is 0.0293 e. The number of nitrogens with zero attached hydrogens (tertiary/aromatic N) is 1. The van der Waals surface area contributed by atoms with Gasteiger partial charge in [-0.25, -0.2) is 0 Å². The highest BCUT2D eigenvalue weighted by Gasteiger charge is 2.29. The van der Waals surface area contributed by atoms with Crippen molar-refractivity contribution in [3.05, 3.63) is 119 Å². The lowest BCUT2D eigenvalue weighted by molar-refractivity contribution is 0.355. The van der Waals surface area contributed by atoms with Crippen molar-refractivity contribution in [2.75, 3.05) is 6.54 Å². The summed E-state index contributed by atoms with van der Waals surface area (Å²) in [7, 11) is 0. The van der Waals surface area contributed by atoms with E-state index in [1.54, 1.807) is 0 Å². The van der Waals surface area contributed by atoms with Crippen molar-refractivity contribution in [3.63, 3.8) is 0 Å². The highest BCUT2D eigenvalue weighted by atomic mass is 15.1. The molecule has 1 aliphatic heterocycles. The average Bonchev–Trinajstić information content (AvgIpc) is 3.09. The normalized spacial score (nSPS) is 18.3. The minimum absolute atomic E-state index is 0.0929. The second-order valence-corrected chi connectivity index (χ2v) is 13.1. The van der Waals surface area contributed by atoms with E-state index in [2.05, 4.69) is 161 Å². The fourth-order valence-electron chi connectivity index (χ4n) is 5.47. The number of unbranched alkanes of at least 4 members (excludes halogenated alkanes) is 1. The monoisotopic (exact) mass is 660 g/mol. The third-order valence-electron chi connectivity index (χ3n) is 8.18. The lowest BCUT2D eigenvalue weighted by Gasteiger charge is -2.37. The maximum atomic E-state index is 4.35. The predicted octanol–water partition coefficient (Wildman–Crippen LogP) is 15.8. The second kappa shape index (κ2) is 29.1. The van der Waals surface area contributed by atoms with Gasteiger partial charge < -0.3 is 4.90 Å². The summed E-state index contributed by atoms with van der Waals surface area (Å²) >= 11 is 0. The summed E-state index contributed by atoms with van der Waals surface area (Å²) in [4.78, 5) is 2.40.